The van der Waals surface area contributed by atoms with Gasteiger partial charge in [-0.05, 0) is 38.8 Å². The maximum Gasteiger partial charge on any atom is 0.264 e. The van der Waals surface area contributed by atoms with E-state index in [9.17, 15) is 9.59 Å². The third kappa shape index (κ3) is 2.65. The molecule has 3 rings (SSSR count). The zero-order valence-corrected chi connectivity index (χ0v) is 14.3. The summed E-state index contributed by atoms with van der Waals surface area (Å²) in [6, 6.07) is 3.35. The molecule has 2 aromatic rings. The van der Waals surface area contributed by atoms with E-state index in [1.807, 2.05) is 30.5 Å². The second kappa shape index (κ2) is 5.81. The fourth-order valence-corrected chi connectivity index (χ4v) is 4.12. The molecule has 7 heteroatoms. The van der Waals surface area contributed by atoms with E-state index in [2.05, 4.69) is 5.10 Å². The summed E-state index contributed by atoms with van der Waals surface area (Å²) in [6.07, 6.45) is 1.91. The zero-order chi connectivity index (χ0) is 16.7. The van der Waals surface area contributed by atoms with E-state index >= 15 is 0 Å². The van der Waals surface area contributed by atoms with Crippen molar-refractivity contribution >= 4 is 23.2 Å². The number of hydrogen-bond donors (Lipinski definition) is 1. The third-order valence-electron chi connectivity index (χ3n) is 4.47. The van der Waals surface area contributed by atoms with Crippen molar-refractivity contribution in [2.75, 3.05) is 6.54 Å². The summed E-state index contributed by atoms with van der Waals surface area (Å²) in [4.78, 5) is 27.0. The molecule has 0 spiro atoms. The van der Waals surface area contributed by atoms with E-state index in [0.29, 0.717) is 9.75 Å². The average Bonchev–Trinajstić information content (AvgIpc) is 3.19. The number of carbonyl (C=O) groups is 2. The SMILES string of the molecule is Cc1nn(C)c(C)c1[C@H]1CCCN1C(=O)c1ccc(C(N)=O)s1. The first kappa shape index (κ1) is 15.7. The Bertz CT molecular complexity index is 777. The van der Waals surface area contributed by atoms with Crippen LogP contribution in [0.3, 0.4) is 0 Å². The van der Waals surface area contributed by atoms with Gasteiger partial charge in [0.1, 0.15) is 0 Å². The van der Waals surface area contributed by atoms with Crippen LogP contribution in [0.15, 0.2) is 12.1 Å². The second-order valence-corrected chi connectivity index (χ2v) is 6.98. The summed E-state index contributed by atoms with van der Waals surface area (Å²) in [5.74, 6) is -0.529. The van der Waals surface area contributed by atoms with Crippen molar-refractivity contribution in [2.24, 2.45) is 12.8 Å². The summed E-state index contributed by atoms with van der Waals surface area (Å²) in [5, 5.41) is 4.47. The van der Waals surface area contributed by atoms with E-state index in [1.54, 1.807) is 12.1 Å². The van der Waals surface area contributed by atoms with Gasteiger partial charge in [-0.25, -0.2) is 0 Å². The Morgan fingerprint density at radius 3 is 2.57 bits per heavy atom. The smallest absolute Gasteiger partial charge is 0.264 e. The van der Waals surface area contributed by atoms with Crippen LogP contribution in [0.1, 0.15) is 55.2 Å². The quantitative estimate of drug-likeness (QED) is 0.935. The Balaban J connectivity index is 1.91. The largest absolute Gasteiger partial charge is 0.365 e. The molecule has 2 amide bonds. The number of likely N-dealkylation sites (tertiary alicyclic amines) is 1. The van der Waals surface area contributed by atoms with E-state index in [4.69, 9.17) is 5.73 Å². The van der Waals surface area contributed by atoms with E-state index in [1.165, 1.54) is 0 Å². The number of thiophene rings is 1. The van der Waals surface area contributed by atoms with Crippen LogP contribution in [-0.4, -0.2) is 33.0 Å². The molecule has 0 unspecified atom stereocenters. The van der Waals surface area contributed by atoms with Gasteiger partial charge in [0.2, 0.25) is 0 Å². The van der Waals surface area contributed by atoms with Gasteiger partial charge < -0.3 is 10.6 Å². The minimum Gasteiger partial charge on any atom is -0.365 e. The highest BCUT2D eigenvalue weighted by Gasteiger charge is 2.34. The molecule has 3 heterocycles. The lowest BCUT2D eigenvalue weighted by molar-refractivity contribution is 0.0740. The summed E-state index contributed by atoms with van der Waals surface area (Å²) >= 11 is 1.16. The van der Waals surface area contributed by atoms with Gasteiger partial charge in [0, 0.05) is 24.8 Å². The highest BCUT2D eigenvalue weighted by atomic mass is 32.1. The first-order valence-corrected chi connectivity index (χ1v) is 8.42. The molecule has 23 heavy (non-hydrogen) atoms. The molecular weight excluding hydrogens is 312 g/mol. The van der Waals surface area contributed by atoms with Gasteiger partial charge in [-0.15, -0.1) is 11.3 Å². The van der Waals surface area contributed by atoms with Crippen LogP contribution in [0.4, 0.5) is 0 Å². The van der Waals surface area contributed by atoms with Crippen molar-refractivity contribution < 1.29 is 9.59 Å². The molecular formula is C16H20N4O2S. The molecule has 1 saturated heterocycles. The highest BCUT2D eigenvalue weighted by molar-refractivity contribution is 7.15. The Labute approximate surface area is 138 Å². The summed E-state index contributed by atoms with van der Waals surface area (Å²) in [7, 11) is 1.92. The average molecular weight is 332 g/mol. The lowest BCUT2D eigenvalue weighted by Crippen LogP contribution is -2.30. The number of amides is 2. The Morgan fingerprint density at radius 2 is 2.00 bits per heavy atom. The Morgan fingerprint density at radius 1 is 1.30 bits per heavy atom. The van der Waals surface area contributed by atoms with Gasteiger partial charge in [0.05, 0.1) is 21.5 Å². The van der Waals surface area contributed by atoms with Gasteiger partial charge >= 0.3 is 0 Å². The number of aryl methyl sites for hydroxylation is 2. The van der Waals surface area contributed by atoms with Crippen LogP contribution in [0.5, 0.6) is 0 Å². The molecule has 0 aliphatic carbocycles. The predicted octanol–water partition coefficient (Wildman–Crippen LogP) is 2.17. The van der Waals surface area contributed by atoms with Crippen molar-refractivity contribution in [1.29, 1.82) is 0 Å². The van der Waals surface area contributed by atoms with Crippen molar-refractivity contribution in [3.8, 4) is 0 Å². The summed E-state index contributed by atoms with van der Waals surface area (Å²) in [5.41, 5.74) is 8.49. The Hall–Kier alpha value is -2.15. The fraction of sp³-hybridized carbons (Fsp3) is 0.438. The third-order valence-corrected chi connectivity index (χ3v) is 5.56. The number of carbonyl (C=O) groups excluding carboxylic acids is 2. The van der Waals surface area contributed by atoms with Crippen LogP contribution in [0.25, 0.3) is 0 Å². The molecule has 2 N–H and O–H groups in total. The first-order valence-electron chi connectivity index (χ1n) is 7.61. The van der Waals surface area contributed by atoms with Crippen molar-refractivity contribution in [2.45, 2.75) is 32.7 Å². The number of nitrogens with two attached hydrogens (primary N) is 1. The molecule has 2 aromatic heterocycles. The number of rotatable bonds is 3. The zero-order valence-electron chi connectivity index (χ0n) is 13.5. The monoisotopic (exact) mass is 332 g/mol. The summed E-state index contributed by atoms with van der Waals surface area (Å²) in [6.45, 7) is 4.74. The van der Waals surface area contributed by atoms with Gasteiger partial charge in [-0.2, -0.15) is 5.10 Å². The highest BCUT2D eigenvalue weighted by Crippen LogP contribution is 2.37. The molecule has 0 bridgehead atoms. The fourth-order valence-electron chi connectivity index (χ4n) is 3.31. The molecule has 0 radical (unpaired) electrons. The predicted molar refractivity (Wildman–Crippen MR) is 88.5 cm³/mol. The molecule has 122 valence electrons. The minimum absolute atomic E-state index is 0.0346. The maximum absolute atomic E-state index is 12.9. The van der Waals surface area contributed by atoms with Gasteiger partial charge in [0.25, 0.3) is 11.8 Å². The van der Waals surface area contributed by atoms with Gasteiger partial charge in [0.15, 0.2) is 0 Å². The van der Waals surface area contributed by atoms with Crippen molar-refractivity contribution in [3.63, 3.8) is 0 Å². The summed E-state index contributed by atoms with van der Waals surface area (Å²) < 4.78 is 1.86. The van der Waals surface area contributed by atoms with E-state index < -0.39 is 5.91 Å². The molecule has 0 aromatic carbocycles. The number of aromatic nitrogens is 2. The van der Waals surface area contributed by atoms with Crippen LogP contribution >= 0.6 is 11.3 Å². The van der Waals surface area contributed by atoms with Crippen molar-refractivity contribution in [1.82, 2.24) is 14.7 Å². The topological polar surface area (TPSA) is 81.2 Å². The van der Waals surface area contributed by atoms with Gasteiger partial charge in [-0.3, -0.25) is 14.3 Å². The number of nitrogens with zero attached hydrogens (tertiary/aromatic N) is 3. The maximum atomic E-state index is 12.9. The standard InChI is InChI=1S/C16H20N4O2S/c1-9-14(10(2)19(3)18-9)11-5-4-8-20(11)16(22)13-7-6-12(23-13)15(17)21/h6-7,11H,4-5,8H2,1-3H3,(H2,17,21)/t11-/m1/s1. The van der Waals surface area contributed by atoms with E-state index in [-0.39, 0.29) is 11.9 Å². The lowest BCUT2D eigenvalue weighted by Gasteiger charge is -2.25. The van der Waals surface area contributed by atoms with Crippen LogP contribution in [-0.2, 0) is 7.05 Å². The lowest BCUT2D eigenvalue weighted by atomic mass is 10.0. The van der Waals surface area contributed by atoms with Gasteiger partial charge in [-0.1, -0.05) is 0 Å². The normalized spacial score (nSPS) is 17.7. The van der Waals surface area contributed by atoms with Crippen LogP contribution in [0, 0.1) is 13.8 Å². The first-order chi connectivity index (χ1) is 10.9. The molecule has 1 fully saturated rings. The number of hydrogen-bond acceptors (Lipinski definition) is 4. The molecule has 1 aliphatic rings. The minimum atomic E-state index is -0.494. The molecule has 1 aliphatic heterocycles. The van der Waals surface area contributed by atoms with E-state index in [0.717, 1.165) is 47.7 Å². The Kier molecular flexibility index (Phi) is 3.97. The molecule has 6 nitrogen and oxygen atoms in total. The molecule has 1 atom stereocenters. The van der Waals surface area contributed by atoms with Crippen LogP contribution < -0.4 is 5.73 Å². The number of primary amides is 1. The van der Waals surface area contributed by atoms with Crippen molar-refractivity contribution in [3.05, 3.63) is 38.8 Å². The second-order valence-electron chi connectivity index (χ2n) is 5.89. The van der Waals surface area contributed by atoms with Crippen LogP contribution in [0.2, 0.25) is 0 Å². The molecule has 0 saturated carbocycles.